The van der Waals surface area contributed by atoms with Crippen molar-refractivity contribution in [2.45, 2.75) is 26.2 Å². The van der Waals surface area contributed by atoms with Gasteiger partial charge < -0.3 is 5.32 Å². The summed E-state index contributed by atoms with van der Waals surface area (Å²) in [5.41, 5.74) is 2.08. The minimum absolute atomic E-state index is 0.0355. The van der Waals surface area contributed by atoms with E-state index in [1.54, 1.807) is 7.05 Å². The molecule has 2 rings (SSSR count). The van der Waals surface area contributed by atoms with E-state index in [1.807, 2.05) is 24.3 Å². The normalized spacial score (nSPS) is 11.6. The molecular weight excluding hydrogens is 222 g/mol. The molecule has 94 valence electrons. The molecule has 0 spiro atoms. The van der Waals surface area contributed by atoms with Gasteiger partial charge in [0, 0.05) is 12.6 Å². The second-order valence-electron chi connectivity index (χ2n) is 5.54. The summed E-state index contributed by atoms with van der Waals surface area (Å²) >= 11 is 0. The van der Waals surface area contributed by atoms with Crippen molar-refractivity contribution in [1.29, 1.82) is 0 Å². The molecule has 0 atom stereocenters. The standard InChI is InChI=1S/C16H19NO/c1-16(2,3)14-10-9-13(15(18)17-4)11-7-5-6-8-12(11)14/h5-10H,1-4H3,(H,17,18). The van der Waals surface area contributed by atoms with E-state index in [0.717, 1.165) is 16.3 Å². The smallest absolute Gasteiger partial charge is 0.251 e. The highest BCUT2D eigenvalue weighted by molar-refractivity contribution is 6.07. The molecule has 0 aliphatic heterocycles. The summed E-state index contributed by atoms with van der Waals surface area (Å²) in [5, 5.41) is 4.87. The van der Waals surface area contributed by atoms with E-state index in [2.05, 4.69) is 38.2 Å². The number of hydrogen-bond donors (Lipinski definition) is 1. The quantitative estimate of drug-likeness (QED) is 0.813. The van der Waals surface area contributed by atoms with E-state index < -0.39 is 0 Å². The number of carbonyl (C=O) groups excluding carboxylic acids is 1. The molecule has 2 aromatic carbocycles. The molecule has 2 heteroatoms. The van der Waals surface area contributed by atoms with E-state index >= 15 is 0 Å². The van der Waals surface area contributed by atoms with Crippen LogP contribution >= 0.6 is 0 Å². The number of carbonyl (C=O) groups is 1. The number of amides is 1. The van der Waals surface area contributed by atoms with Gasteiger partial charge in [-0.15, -0.1) is 0 Å². The van der Waals surface area contributed by atoms with Gasteiger partial charge >= 0.3 is 0 Å². The number of benzene rings is 2. The van der Waals surface area contributed by atoms with E-state index in [4.69, 9.17) is 0 Å². The van der Waals surface area contributed by atoms with Crippen molar-refractivity contribution < 1.29 is 4.79 Å². The van der Waals surface area contributed by atoms with Gasteiger partial charge in [0.25, 0.3) is 5.91 Å². The predicted molar refractivity (Wildman–Crippen MR) is 76.0 cm³/mol. The summed E-state index contributed by atoms with van der Waals surface area (Å²) in [4.78, 5) is 11.9. The molecule has 2 nitrogen and oxygen atoms in total. The van der Waals surface area contributed by atoms with Gasteiger partial charge in [-0.05, 0) is 27.8 Å². The van der Waals surface area contributed by atoms with Gasteiger partial charge in [-0.25, -0.2) is 0 Å². The Morgan fingerprint density at radius 2 is 1.61 bits per heavy atom. The van der Waals surface area contributed by atoms with Crippen LogP contribution in [0.2, 0.25) is 0 Å². The zero-order valence-corrected chi connectivity index (χ0v) is 11.4. The number of fused-ring (bicyclic) bond motifs is 1. The summed E-state index contributed by atoms with van der Waals surface area (Å²) in [7, 11) is 1.66. The van der Waals surface area contributed by atoms with Crippen molar-refractivity contribution >= 4 is 16.7 Å². The summed E-state index contributed by atoms with van der Waals surface area (Å²) in [6.07, 6.45) is 0. The minimum atomic E-state index is -0.0355. The molecule has 1 N–H and O–H groups in total. The molecule has 18 heavy (non-hydrogen) atoms. The van der Waals surface area contributed by atoms with Crippen molar-refractivity contribution in [2.24, 2.45) is 0 Å². The topological polar surface area (TPSA) is 29.1 Å². The van der Waals surface area contributed by atoms with E-state index in [1.165, 1.54) is 5.56 Å². The molecule has 0 radical (unpaired) electrons. The first-order valence-electron chi connectivity index (χ1n) is 6.19. The Labute approximate surface area is 108 Å². The largest absolute Gasteiger partial charge is 0.355 e. The Morgan fingerprint density at radius 1 is 1.00 bits per heavy atom. The van der Waals surface area contributed by atoms with Crippen molar-refractivity contribution in [3.8, 4) is 0 Å². The lowest BCUT2D eigenvalue weighted by Gasteiger charge is -2.22. The van der Waals surface area contributed by atoms with Crippen molar-refractivity contribution in [2.75, 3.05) is 7.05 Å². The van der Waals surface area contributed by atoms with Crippen LogP contribution in [0.3, 0.4) is 0 Å². The van der Waals surface area contributed by atoms with Gasteiger partial charge in [0.1, 0.15) is 0 Å². The van der Waals surface area contributed by atoms with Gasteiger partial charge in [0.2, 0.25) is 0 Å². The van der Waals surface area contributed by atoms with Crippen LogP contribution in [0.1, 0.15) is 36.7 Å². The molecule has 1 amide bonds. The summed E-state index contributed by atoms with van der Waals surface area (Å²) in [6, 6.07) is 12.1. The molecule has 0 fully saturated rings. The third-order valence-electron chi connectivity index (χ3n) is 3.20. The van der Waals surface area contributed by atoms with Crippen molar-refractivity contribution in [1.82, 2.24) is 5.32 Å². The van der Waals surface area contributed by atoms with Gasteiger partial charge in [-0.3, -0.25) is 4.79 Å². The minimum Gasteiger partial charge on any atom is -0.355 e. The Balaban J connectivity index is 2.78. The highest BCUT2D eigenvalue weighted by atomic mass is 16.1. The Kier molecular flexibility index (Phi) is 3.12. The highest BCUT2D eigenvalue weighted by Gasteiger charge is 2.19. The molecule has 0 aliphatic rings. The molecule has 2 aromatic rings. The van der Waals surface area contributed by atoms with E-state index in [-0.39, 0.29) is 11.3 Å². The van der Waals surface area contributed by atoms with E-state index in [9.17, 15) is 4.79 Å². The molecule has 0 bridgehead atoms. The monoisotopic (exact) mass is 241 g/mol. The molecule has 0 heterocycles. The van der Waals surface area contributed by atoms with Gasteiger partial charge in [0.05, 0.1) is 0 Å². The van der Waals surface area contributed by atoms with Crippen LogP contribution in [0.5, 0.6) is 0 Å². The third-order valence-corrected chi connectivity index (χ3v) is 3.20. The molecular formula is C16H19NO. The van der Waals surface area contributed by atoms with Crippen LogP contribution < -0.4 is 5.32 Å². The van der Waals surface area contributed by atoms with Crippen LogP contribution in [0, 0.1) is 0 Å². The maximum atomic E-state index is 11.9. The second kappa shape index (κ2) is 4.45. The van der Waals surface area contributed by atoms with Crippen molar-refractivity contribution in [3.05, 3.63) is 47.5 Å². The van der Waals surface area contributed by atoms with Crippen LogP contribution in [0.15, 0.2) is 36.4 Å². The molecule has 0 aromatic heterocycles. The maximum Gasteiger partial charge on any atom is 0.251 e. The lowest BCUT2D eigenvalue weighted by molar-refractivity contribution is 0.0964. The van der Waals surface area contributed by atoms with Crippen LogP contribution in [-0.2, 0) is 5.41 Å². The average molecular weight is 241 g/mol. The van der Waals surface area contributed by atoms with Crippen LogP contribution in [-0.4, -0.2) is 13.0 Å². The number of nitrogens with one attached hydrogen (secondary N) is 1. The summed E-state index contributed by atoms with van der Waals surface area (Å²) < 4.78 is 0. The van der Waals surface area contributed by atoms with Gasteiger partial charge in [-0.2, -0.15) is 0 Å². The highest BCUT2D eigenvalue weighted by Crippen LogP contribution is 2.31. The SMILES string of the molecule is CNC(=O)c1ccc(C(C)(C)C)c2ccccc12. The Hall–Kier alpha value is -1.83. The fraction of sp³-hybridized carbons (Fsp3) is 0.312. The van der Waals surface area contributed by atoms with Crippen molar-refractivity contribution in [3.63, 3.8) is 0 Å². The number of rotatable bonds is 1. The molecule has 0 saturated heterocycles. The Morgan fingerprint density at radius 3 is 2.17 bits per heavy atom. The predicted octanol–water partition coefficient (Wildman–Crippen LogP) is 3.50. The summed E-state index contributed by atoms with van der Waals surface area (Å²) in [5.74, 6) is -0.0355. The lowest BCUT2D eigenvalue weighted by Crippen LogP contribution is -2.19. The molecule has 0 saturated carbocycles. The van der Waals surface area contributed by atoms with Crippen LogP contribution in [0.25, 0.3) is 10.8 Å². The first-order valence-corrected chi connectivity index (χ1v) is 6.19. The summed E-state index contributed by atoms with van der Waals surface area (Å²) in [6.45, 7) is 6.57. The van der Waals surface area contributed by atoms with Gasteiger partial charge in [-0.1, -0.05) is 51.1 Å². The second-order valence-corrected chi connectivity index (χ2v) is 5.54. The fourth-order valence-electron chi connectivity index (χ4n) is 2.29. The first kappa shape index (κ1) is 12.6. The third kappa shape index (κ3) is 2.10. The van der Waals surface area contributed by atoms with Crippen LogP contribution in [0.4, 0.5) is 0 Å². The fourth-order valence-corrected chi connectivity index (χ4v) is 2.29. The lowest BCUT2D eigenvalue weighted by atomic mass is 9.82. The number of hydrogen-bond acceptors (Lipinski definition) is 1. The van der Waals surface area contributed by atoms with E-state index in [0.29, 0.717) is 0 Å². The van der Waals surface area contributed by atoms with Gasteiger partial charge in [0.15, 0.2) is 0 Å². The Bertz CT molecular complexity index is 594. The zero-order valence-electron chi connectivity index (χ0n) is 11.4. The first-order chi connectivity index (χ1) is 8.45. The average Bonchev–Trinajstić information content (AvgIpc) is 2.35. The molecule has 0 aliphatic carbocycles. The zero-order chi connectivity index (χ0) is 13.3. The maximum absolute atomic E-state index is 11.9. The molecule has 0 unspecified atom stereocenters.